The van der Waals surface area contributed by atoms with Crippen LogP contribution in [0, 0.1) is 0 Å². The third-order valence-corrected chi connectivity index (χ3v) is 2.65. The van der Waals surface area contributed by atoms with Gasteiger partial charge in [0.2, 0.25) is 5.91 Å². The van der Waals surface area contributed by atoms with Crippen molar-refractivity contribution >= 4 is 17.6 Å². The second-order valence-electron chi connectivity index (χ2n) is 3.96. The van der Waals surface area contributed by atoms with Crippen molar-refractivity contribution < 1.29 is 14.7 Å². The molecular formula is C11H12N2O3. The highest BCUT2D eigenvalue weighted by Crippen LogP contribution is 2.33. The molecule has 1 amide bonds. The van der Waals surface area contributed by atoms with Crippen LogP contribution in [0.25, 0.3) is 0 Å². The quantitative estimate of drug-likeness (QED) is 0.703. The maximum atomic E-state index is 11.6. The van der Waals surface area contributed by atoms with E-state index in [1.807, 2.05) is 0 Å². The highest BCUT2D eigenvalue weighted by molar-refractivity contribution is 6.04. The summed E-state index contributed by atoms with van der Waals surface area (Å²) in [4.78, 5) is 22.5. The molecule has 0 radical (unpaired) electrons. The van der Waals surface area contributed by atoms with E-state index in [-0.39, 0.29) is 17.2 Å². The highest BCUT2D eigenvalue weighted by atomic mass is 16.4. The van der Waals surface area contributed by atoms with Gasteiger partial charge in [-0.15, -0.1) is 0 Å². The predicted octanol–water partition coefficient (Wildman–Crippen LogP) is 0.815. The Morgan fingerprint density at radius 3 is 2.50 bits per heavy atom. The monoisotopic (exact) mass is 220 g/mol. The van der Waals surface area contributed by atoms with Gasteiger partial charge in [-0.2, -0.15) is 0 Å². The van der Waals surface area contributed by atoms with Crippen LogP contribution < -0.4 is 11.1 Å². The molecule has 0 heterocycles. The summed E-state index contributed by atoms with van der Waals surface area (Å²) >= 11 is 0. The molecule has 0 bridgehead atoms. The first-order valence-corrected chi connectivity index (χ1v) is 4.95. The van der Waals surface area contributed by atoms with Gasteiger partial charge in [-0.3, -0.25) is 4.79 Å². The molecular weight excluding hydrogens is 208 g/mol. The Kier molecular flexibility index (Phi) is 2.40. The zero-order chi connectivity index (χ0) is 11.8. The van der Waals surface area contributed by atoms with Crippen LogP contribution >= 0.6 is 0 Å². The van der Waals surface area contributed by atoms with Crippen LogP contribution in [0.1, 0.15) is 23.2 Å². The molecule has 5 nitrogen and oxygen atoms in total. The van der Waals surface area contributed by atoms with E-state index in [2.05, 4.69) is 5.32 Å². The highest BCUT2D eigenvalue weighted by Gasteiger charge is 2.46. The topological polar surface area (TPSA) is 92.4 Å². The number of para-hydroxylation sites is 1. The van der Waals surface area contributed by atoms with Crippen molar-refractivity contribution in [2.45, 2.75) is 18.4 Å². The minimum atomic E-state index is -1.07. The zero-order valence-corrected chi connectivity index (χ0v) is 8.56. The molecule has 1 fully saturated rings. The van der Waals surface area contributed by atoms with Crippen LogP contribution in [0.4, 0.5) is 5.69 Å². The van der Waals surface area contributed by atoms with Crippen molar-refractivity contribution in [1.82, 2.24) is 0 Å². The van der Waals surface area contributed by atoms with E-state index in [4.69, 9.17) is 10.8 Å². The van der Waals surface area contributed by atoms with Crippen LogP contribution in [0.3, 0.4) is 0 Å². The van der Waals surface area contributed by atoms with Crippen LogP contribution in [0.2, 0.25) is 0 Å². The Morgan fingerprint density at radius 2 is 1.94 bits per heavy atom. The van der Waals surface area contributed by atoms with Gasteiger partial charge in [0.1, 0.15) is 0 Å². The van der Waals surface area contributed by atoms with Gasteiger partial charge in [0.15, 0.2) is 0 Å². The molecule has 1 aliphatic rings. The van der Waals surface area contributed by atoms with Gasteiger partial charge in [0.05, 0.1) is 16.8 Å². The third kappa shape index (κ3) is 1.90. The molecule has 0 spiro atoms. The lowest BCUT2D eigenvalue weighted by molar-refractivity contribution is -0.118. The number of carbonyl (C=O) groups excluding carboxylic acids is 1. The summed E-state index contributed by atoms with van der Waals surface area (Å²) < 4.78 is 0. The van der Waals surface area contributed by atoms with Crippen LogP contribution in [-0.4, -0.2) is 22.5 Å². The third-order valence-electron chi connectivity index (χ3n) is 2.65. The van der Waals surface area contributed by atoms with Crippen molar-refractivity contribution in [3.05, 3.63) is 29.8 Å². The van der Waals surface area contributed by atoms with E-state index in [1.165, 1.54) is 6.07 Å². The average Bonchev–Trinajstić information content (AvgIpc) is 2.98. The SMILES string of the molecule is NC1(C(=O)Nc2ccccc2C(=O)O)CC1. The van der Waals surface area contributed by atoms with Crippen molar-refractivity contribution in [2.24, 2.45) is 5.73 Å². The van der Waals surface area contributed by atoms with E-state index in [0.717, 1.165) is 0 Å². The zero-order valence-electron chi connectivity index (χ0n) is 8.56. The second-order valence-corrected chi connectivity index (χ2v) is 3.96. The van der Waals surface area contributed by atoms with Crippen molar-refractivity contribution in [2.75, 3.05) is 5.32 Å². The van der Waals surface area contributed by atoms with Crippen LogP contribution in [0.15, 0.2) is 24.3 Å². The minimum absolute atomic E-state index is 0.0695. The lowest BCUT2D eigenvalue weighted by Crippen LogP contribution is -2.38. The Hall–Kier alpha value is -1.88. The molecule has 0 aliphatic heterocycles. The Balaban J connectivity index is 2.21. The fourth-order valence-corrected chi connectivity index (χ4v) is 1.39. The van der Waals surface area contributed by atoms with Crippen LogP contribution in [-0.2, 0) is 4.79 Å². The second kappa shape index (κ2) is 3.61. The minimum Gasteiger partial charge on any atom is -0.478 e. The fourth-order valence-electron chi connectivity index (χ4n) is 1.39. The van der Waals surface area contributed by atoms with Crippen LogP contribution in [0.5, 0.6) is 0 Å². The summed E-state index contributed by atoms with van der Waals surface area (Å²) in [5.41, 5.74) is 5.26. The molecule has 0 atom stereocenters. The molecule has 1 saturated carbocycles. The Labute approximate surface area is 92.3 Å². The summed E-state index contributed by atoms with van der Waals surface area (Å²) in [6.07, 6.45) is 1.29. The van der Waals surface area contributed by atoms with E-state index >= 15 is 0 Å². The van der Waals surface area contributed by atoms with Gasteiger partial charge in [-0.1, -0.05) is 12.1 Å². The molecule has 0 unspecified atom stereocenters. The molecule has 1 aromatic carbocycles. The summed E-state index contributed by atoms with van der Waals surface area (Å²) in [6.45, 7) is 0. The lowest BCUT2D eigenvalue weighted by atomic mass is 10.1. The van der Waals surface area contributed by atoms with Gasteiger partial charge >= 0.3 is 5.97 Å². The number of carboxylic acid groups (broad SMARTS) is 1. The number of rotatable bonds is 3. The maximum absolute atomic E-state index is 11.6. The number of hydrogen-bond donors (Lipinski definition) is 3. The molecule has 1 aliphatic carbocycles. The number of nitrogens with two attached hydrogens (primary N) is 1. The normalized spacial score (nSPS) is 16.6. The summed E-state index contributed by atoms with van der Waals surface area (Å²) in [6, 6.07) is 6.26. The standard InChI is InChI=1S/C11H12N2O3/c12-11(5-6-11)10(16)13-8-4-2-1-3-7(8)9(14)15/h1-4H,5-6,12H2,(H,13,16)(H,14,15). The smallest absolute Gasteiger partial charge is 0.337 e. The molecule has 16 heavy (non-hydrogen) atoms. The average molecular weight is 220 g/mol. The first-order valence-electron chi connectivity index (χ1n) is 4.95. The number of carbonyl (C=O) groups is 2. The van der Waals surface area contributed by atoms with E-state index < -0.39 is 11.5 Å². The number of benzene rings is 1. The number of hydrogen-bond acceptors (Lipinski definition) is 3. The first kappa shape index (κ1) is 10.6. The van der Waals surface area contributed by atoms with E-state index in [9.17, 15) is 9.59 Å². The Morgan fingerprint density at radius 1 is 1.31 bits per heavy atom. The van der Waals surface area contributed by atoms with Gasteiger partial charge in [0.25, 0.3) is 0 Å². The predicted molar refractivity (Wildman–Crippen MR) is 58.2 cm³/mol. The molecule has 0 saturated heterocycles. The molecule has 84 valence electrons. The largest absolute Gasteiger partial charge is 0.478 e. The number of amides is 1. The summed E-state index contributed by atoms with van der Waals surface area (Å²) in [5.74, 6) is -1.39. The molecule has 4 N–H and O–H groups in total. The van der Waals surface area contributed by atoms with Crippen molar-refractivity contribution in [1.29, 1.82) is 0 Å². The lowest BCUT2D eigenvalue weighted by Gasteiger charge is -2.11. The van der Waals surface area contributed by atoms with E-state index in [1.54, 1.807) is 18.2 Å². The van der Waals surface area contributed by atoms with E-state index in [0.29, 0.717) is 12.8 Å². The molecule has 5 heteroatoms. The summed E-state index contributed by atoms with van der Waals surface area (Å²) in [7, 11) is 0. The molecule has 0 aromatic heterocycles. The van der Waals surface area contributed by atoms with Gasteiger partial charge in [0, 0.05) is 0 Å². The Bertz CT molecular complexity index is 452. The number of anilines is 1. The molecule has 2 rings (SSSR count). The van der Waals surface area contributed by atoms with Gasteiger partial charge in [-0.25, -0.2) is 4.79 Å². The van der Waals surface area contributed by atoms with Crippen molar-refractivity contribution in [3.63, 3.8) is 0 Å². The van der Waals surface area contributed by atoms with Crippen molar-refractivity contribution in [3.8, 4) is 0 Å². The maximum Gasteiger partial charge on any atom is 0.337 e. The number of carboxylic acids is 1. The fraction of sp³-hybridized carbons (Fsp3) is 0.273. The number of aromatic carboxylic acids is 1. The molecule has 1 aromatic rings. The first-order chi connectivity index (χ1) is 7.53. The summed E-state index contributed by atoms with van der Waals surface area (Å²) in [5, 5.41) is 11.5. The van der Waals surface area contributed by atoms with Gasteiger partial charge < -0.3 is 16.2 Å². The van der Waals surface area contributed by atoms with Gasteiger partial charge in [-0.05, 0) is 25.0 Å². The number of nitrogens with one attached hydrogen (secondary N) is 1.